The first kappa shape index (κ1) is 17.0. The number of amides is 1. The van der Waals surface area contributed by atoms with E-state index in [1.54, 1.807) is 48.5 Å². The van der Waals surface area contributed by atoms with Gasteiger partial charge < -0.3 is 14.5 Å². The van der Waals surface area contributed by atoms with E-state index in [-0.39, 0.29) is 30.6 Å². The molecule has 0 atom stereocenters. The molecule has 2 aromatic carbocycles. The maximum atomic E-state index is 12.8. The zero-order chi connectivity index (χ0) is 17.6. The van der Waals surface area contributed by atoms with Crippen molar-refractivity contribution in [1.82, 2.24) is 5.32 Å². The number of hydrogen-bond donors (Lipinski definition) is 1. The van der Waals surface area contributed by atoms with Gasteiger partial charge in [0.1, 0.15) is 23.9 Å². The Balaban J connectivity index is 1.53. The Labute approximate surface area is 149 Å². The summed E-state index contributed by atoms with van der Waals surface area (Å²) < 4.78 is 23.9. The fourth-order valence-electron chi connectivity index (χ4n) is 2.16. The van der Waals surface area contributed by atoms with Gasteiger partial charge in [-0.25, -0.2) is 4.39 Å². The molecule has 6 heteroatoms. The molecule has 1 heterocycles. The molecule has 0 fully saturated rings. The van der Waals surface area contributed by atoms with E-state index < -0.39 is 0 Å². The van der Waals surface area contributed by atoms with E-state index in [0.717, 1.165) is 5.56 Å². The molecule has 0 aliphatic rings. The Morgan fingerprint density at radius 1 is 1.12 bits per heavy atom. The second-order valence-electron chi connectivity index (χ2n) is 5.32. The van der Waals surface area contributed by atoms with Gasteiger partial charge in [-0.3, -0.25) is 4.79 Å². The van der Waals surface area contributed by atoms with Crippen LogP contribution in [0.3, 0.4) is 0 Å². The number of hydrogen-bond acceptors (Lipinski definition) is 3. The first-order chi connectivity index (χ1) is 12.1. The minimum absolute atomic E-state index is 0.186. The maximum Gasteiger partial charge on any atom is 0.287 e. The molecule has 3 aromatic rings. The molecule has 1 N–H and O–H groups in total. The fourth-order valence-corrected chi connectivity index (χ4v) is 2.34. The van der Waals surface area contributed by atoms with Crippen molar-refractivity contribution in [3.8, 4) is 5.75 Å². The van der Waals surface area contributed by atoms with Crippen LogP contribution in [0.4, 0.5) is 4.39 Å². The lowest BCUT2D eigenvalue weighted by molar-refractivity contribution is 0.0919. The molecule has 128 valence electrons. The number of furan rings is 1. The first-order valence-electron chi connectivity index (χ1n) is 7.60. The number of carbonyl (C=O) groups is 1. The van der Waals surface area contributed by atoms with Gasteiger partial charge in [-0.1, -0.05) is 29.8 Å². The van der Waals surface area contributed by atoms with E-state index in [2.05, 4.69) is 5.32 Å². The fraction of sp³-hybridized carbons (Fsp3) is 0.105. The molecule has 0 saturated carbocycles. The molecule has 25 heavy (non-hydrogen) atoms. The summed E-state index contributed by atoms with van der Waals surface area (Å²) in [4.78, 5) is 12.1. The number of halogens is 2. The molecule has 0 aliphatic heterocycles. The molecule has 1 amide bonds. The summed E-state index contributed by atoms with van der Waals surface area (Å²) in [7, 11) is 0. The highest BCUT2D eigenvalue weighted by molar-refractivity contribution is 6.30. The Kier molecular flexibility index (Phi) is 5.36. The quantitative estimate of drug-likeness (QED) is 0.700. The molecule has 0 bridgehead atoms. The van der Waals surface area contributed by atoms with Gasteiger partial charge in [-0.2, -0.15) is 0 Å². The summed E-state index contributed by atoms with van der Waals surface area (Å²) >= 11 is 5.89. The van der Waals surface area contributed by atoms with E-state index in [9.17, 15) is 9.18 Å². The Morgan fingerprint density at radius 3 is 2.68 bits per heavy atom. The van der Waals surface area contributed by atoms with Crippen molar-refractivity contribution >= 4 is 17.5 Å². The van der Waals surface area contributed by atoms with Gasteiger partial charge in [0.2, 0.25) is 0 Å². The zero-order valence-electron chi connectivity index (χ0n) is 13.2. The highest BCUT2D eigenvalue weighted by Crippen LogP contribution is 2.19. The largest absolute Gasteiger partial charge is 0.486 e. The van der Waals surface area contributed by atoms with Crippen LogP contribution < -0.4 is 10.1 Å². The molecule has 3 rings (SSSR count). The number of nitrogens with one attached hydrogen (secondary N) is 1. The van der Waals surface area contributed by atoms with Gasteiger partial charge in [0.05, 0.1) is 0 Å². The molecule has 4 nitrogen and oxygen atoms in total. The molecule has 0 unspecified atom stereocenters. The smallest absolute Gasteiger partial charge is 0.287 e. The van der Waals surface area contributed by atoms with Crippen LogP contribution in [0.1, 0.15) is 21.9 Å². The van der Waals surface area contributed by atoms with Crippen molar-refractivity contribution < 1.29 is 18.3 Å². The molecule has 1 aromatic heterocycles. The van der Waals surface area contributed by atoms with Gasteiger partial charge in [0.15, 0.2) is 5.76 Å². The molecule has 0 radical (unpaired) electrons. The molecular formula is C19H15ClFNO3. The van der Waals surface area contributed by atoms with E-state index >= 15 is 0 Å². The van der Waals surface area contributed by atoms with Crippen molar-refractivity contribution in [1.29, 1.82) is 0 Å². The van der Waals surface area contributed by atoms with Crippen LogP contribution in [-0.2, 0) is 13.2 Å². The molecule has 0 saturated heterocycles. The van der Waals surface area contributed by atoms with Crippen LogP contribution in [0.5, 0.6) is 5.75 Å². The number of benzene rings is 2. The van der Waals surface area contributed by atoms with Crippen LogP contribution in [-0.4, -0.2) is 5.91 Å². The number of rotatable bonds is 6. The number of carbonyl (C=O) groups excluding carboxylic acids is 1. The molecule has 0 spiro atoms. The van der Waals surface area contributed by atoms with Crippen molar-refractivity contribution in [3.05, 3.63) is 88.6 Å². The summed E-state index contributed by atoms with van der Waals surface area (Å²) in [5.41, 5.74) is 0.797. The van der Waals surface area contributed by atoms with Gasteiger partial charge in [-0.15, -0.1) is 0 Å². The summed E-state index contributed by atoms with van der Waals surface area (Å²) in [6.07, 6.45) is 0. The monoisotopic (exact) mass is 359 g/mol. The minimum atomic E-state index is -0.349. The third-order valence-electron chi connectivity index (χ3n) is 3.43. The Hall–Kier alpha value is -2.79. The van der Waals surface area contributed by atoms with Crippen molar-refractivity contribution in [3.63, 3.8) is 0 Å². The van der Waals surface area contributed by atoms with Gasteiger partial charge in [0, 0.05) is 11.6 Å². The average Bonchev–Trinajstić information content (AvgIpc) is 3.08. The normalized spacial score (nSPS) is 10.5. The maximum absolute atomic E-state index is 12.8. The minimum Gasteiger partial charge on any atom is -0.486 e. The van der Waals surface area contributed by atoms with Crippen LogP contribution in [0, 0.1) is 5.82 Å². The van der Waals surface area contributed by atoms with Crippen molar-refractivity contribution in [2.24, 2.45) is 0 Å². The second kappa shape index (κ2) is 7.85. The average molecular weight is 360 g/mol. The van der Waals surface area contributed by atoms with Crippen molar-refractivity contribution in [2.45, 2.75) is 13.2 Å². The first-order valence-corrected chi connectivity index (χ1v) is 7.98. The lowest BCUT2D eigenvalue weighted by Crippen LogP contribution is -2.22. The highest BCUT2D eigenvalue weighted by Gasteiger charge is 2.11. The van der Waals surface area contributed by atoms with Crippen molar-refractivity contribution in [2.75, 3.05) is 0 Å². The van der Waals surface area contributed by atoms with E-state index in [1.165, 1.54) is 12.1 Å². The van der Waals surface area contributed by atoms with Gasteiger partial charge >= 0.3 is 0 Å². The summed E-state index contributed by atoms with van der Waals surface area (Å²) in [6, 6.07) is 16.2. The van der Waals surface area contributed by atoms with E-state index in [0.29, 0.717) is 16.5 Å². The SMILES string of the molecule is O=C(NCc1ccc(F)cc1)c1ccc(COc2cccc(Cl)c2)o1. The van der Waals surface area contributed by atoms with Crippen LogP contribution >= 0.6 is 11.6 Å². The zero-order valence-corrected chi connectivity index (χ0v) is 13.9. The highest BCUT2D eigenvalue weighted by atomic mass is 35.5. The lowest BCUT2D eigenvalue weighted by atomic mass is 10.2. The van der Waals surface area contributed by atoms with E-state index in [4.69, 9.17) is 20.8 Å². The Morgan fingerprint density at radius 2 is 1.92 bits per heavy atom. The Bertz CT molecular complexity index is 861. The van der Waals surface area contributed by atoms with Gasteiger partial charge in [0.25, 0.3) is 5.91 Å². The van der Waals surface area contributed by atoms with Crippen LogP contribution in [0.25, 0.3) is 0 Å². The lowest BCUT2D eigenvalue weighted by Gasteiger charge is -2.05. The summed E-state index contributed by atoms with van der Waals surface area (Å²) in [5.74, 6) is 0.661. The summed E-state index contributed by atoms with van der Waals surface area (Å²) in [5, 5.41) is 3.30. The third kappa shape index (κ3) is 4.84. The van der Waals surface area contributed by atoms with E-state index in [1.807, 2.05) is 0 Å². The molecular weight excluding hydrogens is 345 g/mol. The van der Waals surface area contributed by atoms with Crippen LogP contribution in [0.15, 0.2) is 65.1 Å². The number of ether oxygens (including phenoxy) is 1. The molecule has 0 aliphatic carbocycles. The van der Waals surface area contributed by atoms with Gasteiger partial charge in [-0.05, 0) is 48.0 Å². The second-order valence-corrected chi connectivity index (χ2v) is 5.76. The third-order valence-corrected chi connectivity index (χ3v) is 3.66. The predicted octanol–water partition coefficient (Wildman–Crippen LogP) is 4.58. The summed E-state index contributed by atoms with van der Waals surface area (Å²) in [6.45, 7) is 0.472. The standard InChI is InChI=1S/C19H15ClFNO3/c20-14-2-1-3-16(10-14)24-12-17-8-9-18(25-17)19(23)22-11-13-4-6-15(21)7-5-13/h1-10H,11-12H2,(H,22,23). The predicted molar refractivity (Wildman–Crippen MR) is 92.1 cm³/mol. The topological polar surface area (TPSA) is 51.5 Å². The van der Waals surface area contributed by atoms with Crippen LogP contribution in [0.2, 0.25) is 5.02 Å².